The average molecular weight is 502 g/mol. The molecule has 0 spiro atoms. The maximum absolute atomic E-state index is 10.1. The van der Waals surface area contributed by atoms with Gasteiger partial charge in [-0.15, -0.1) is 23.1 Å². The van der Waals surface area contributed by atoms with E-state index in [-0.39, 0.29) is 12.6 Å². The Morgan fingerprint density at radius 1 is 1.26 bits per heavy atom. The molecule has 34 heavy (non-hydrogen) atoms. The predicted octanol–water partition coefficient (Wildman–Crippen LogP) is 5.00. The first-order valence-electron chi connectivity index (χ1n) is 11.9. The molecule has 1 aliphatic rings. The number of nitrogens with zero attached hydrogens (tertiary/aromatic N) is 2. The molecule has 0 radical (unpaired) electrons. The Kier molecular flexibility index (Phi) is 9.61. The van der Waals surface area contributed by atoms with E-state index in [1.165, 1.54) is 4.21 Å². The van der Waals surface area contributed by atoms with Crippen molar-refractivity contribution in [3.05, 3.63) is 53.5 Å². The number of hydroxylamine groups is 1. The number of ether oxygens (including phenoxy) is 1. The number of pyridine rings is 1. The van der Waals surface area contributed by atoms with Gasteiger partial charge in [0.2, 0.25) is 0 Å². The van der Waals surface area contributed by atoms with E-state index in [9.17, 15) is 5.11 Å². The number of fused-ring (bicyclic) bond motifs is 1. The van der Waals surface area contributed by atoms with Crippen molar-refractivity contribution in [2.24, 2.45) is 11.8 Å². The largest absolute Gasteiger partial charge is 0.497 e. The first-order chi connectivity index (χ1) is 16.7. The van der Waals surface area contributed by atoms with Crippen LogP contribution in [0, 0.1) is 11.8 Å². The molecule has 184 valence electrons. The van der Waals surface area contributed by atoms with Crippen molar-refractivity contribution in [3.63, 3.8) is 0 Å². The van der Waals surface area contributed by atoms with Gasteiger partial charge in [-0.1, -0.05) is 6.07 Å². The van der Waals surface area contributed by atoms with Crippen LogP contribution in [0.1, 0.15) is 30.9 Å². The third-order valence-corrected chi connectivity index (χ3v) is 8.91. The highest BCUT2D eigenvalue weighted by atomic mass is 32.2. The number of aliphatic hydroxyl groups is 1. The molecule has 1 fully saturated rings. The third kappa shape index (κ3) is 6.50. The molecular formula is C26H35N3O3S2. The summed E-state index contributed by atoms with van der Waals surface area (Å²) in [5.74, 6) is 2.75. The number of piperidine rings is 1. The van der Waals surface area contributed by atoms with Gasteiger partial charge in [0.25, 0.3) is 0 Å². The van der Waals surface area contributed by atoms with Crippen LogP contribution in [0.2, 0.25) is 0 Å². The molecule has 6 nitrogen and oxygen atoms in total. The zero-order valence-electron chi connectivity index (χ0n) is 20.0. The molecule has 2 N–H and O–H groups in total. The number of aliphatic hydroxyl groups excluding tert-OH is 1. The minimum Gasteiger partial charge on any atom is -0.497 e. The number of rotatable bonds is 12. The Bertz CT molecular complexity index is 1020. The third-order valence-electron chi connectivity index (χ3n) is 6.80. The van der Waals surface area contributed by atoms with Crippen molar-refractivity contribution in [2.75, 3.05) is 46.2 Å². The summed E-state index contributed by atoms with van der Waals surface area (Å²) in [4.78, 5) is 12.4. The summed E-state index contributed by atoms with van der Waals surface area (Å²) >= 11 is 3.74. The maximum atomic E-state index is 10.1. The normalized spacial score (nSPS) is 20.0. The summed E-state index contributed by atoms with van der Waals surface area (Å²) in [6, 6.07) is 12.4. The molecular weight excluding hydrogens is 466 g/mol. The van der Waals surface area contributed by atoms with Gasteiger partial charge in [0.15, 0.2) is 0 Å². The number of thiophene rings is 1. The molecule has 0 amide bonds. The first kappa shape index (κ1) is 25.4. The molecule has 2 aromatic heterocycles. The lowest BCUT2D eigenvalue weighted by atomic mass is 9.81. The van der Waals surface area contributed by atoms with E-state index in [1.807, 2.05) is 36.2 Å². The van der Waals surface area contributed by atoms with Crippen molar-refractivity contribution in [1.29, 1.82) is 0 Å². The van der Waals surface area contributed by atoms with Crippen molar-refractivity contribution >= 4 is 34.0 Å². The van der Waals surface area contributed by atoms with Crippen molar-refractivity contribution < 1.29 is 14.7 Å². The second kappa shape index (κ2) is 12.9. The van der Waals surface area contributed by atoms with Gasteiger partial charge < -0.3 is 19.6 Å². The second-order valence-corrected chi connectivity index (χ2v) is 11.2. The quantitative estimate of drug-likeness (QED) is 0.267. The zero-order chi connectivity index (χ0) is 23.8. The summed E-state index contributed by atoms with van der Waals surface area (Å²) in [5, 5.41) is 13.4. The summed E-state index contributed by atoms with van der Waals surface area (Å²) in [6.45, 7) is 3.40. The van der Waals surface area contributed by atoms with Crippen molar-refractivity contribution in [3.8, 4) is 5.75 Å². The van der Waals surface area contributed by atoms with Crippen molar-refractivity contribution in [1.82, 2.24) is 15.4 Å². The highest BCUT2D eigenvalue weighted by Gasteiger charge is 2.29. The molecule has 1 saturated heterocycles. The van der Waals surface area contributed by atoms with Crippen molar-refractivity contribution in [2.45, 2.75) is 29.5 Å². The minimum atomic E-state index is 0.0437. The fourth-order valence-electron chi connectivity index (χ4n) is 4.95. The number of likely N-dealkylation sites (tertiary alicyclic amines) is 1. The second-order valence-electron chi connectivity index (χ2n) is 8.81. The maximum Gasteiger partial charge on any atom is 0.119 e. The van der Waals surface area contributed by atoms with Gasteiger partial charge in [0.05, 0.1) is 30.0 Å². The summed E-state index contributed by atoms with van der Waals surface area (Å²) < 4.78 is 6.83. The molecule has 0 aliphatic carbocycles. The molecule has 1 aromatic carbocycles. The number of aromatic nitrogens is 1. The average Bonchev–Trinajstić information content (AvgIpc) is 3.40. The Balaban J connectivity index is 1.36. The Hall–Kier alpha value is -1.68. The molecule has 0 unspecified atom stereocenters. The summed E-state index contributed by atoms with van der Waals surface area (Å²) in [6.07, 6.45) is 4.95. The Morgan fingerprint density at radius 2 is 2.18 bits per heavy atom. The number of nitrogens with one attached hydrogen (secondary N) is 1. The van der Waals surface area contributed by atoms with Gasteiger partial charge in [0.1, 0.15) is 5.75 Å². The zero-order valence-corrected chi connectivity index (χ0v) is 21.6. The lowest BCUT2D eigenvalue weighted by Crippen LogP contribution is -2.43. The van der Waals surface area contributed by atoms with Crippen LogP contribution in [0.4, 0.5) is 0 Å². The van der Waals surface area contributed by atoms with E-state index in [0.29, 0.717) is 11.8 Å². The van der Waals surface area contributed by atoms with E-state index >= 15 is 0 Å². The standard InChI is InChI=1S/C26H35N3O3S2/c1-31-21-6-8-24-23(16-21)22(9-11-27-24)25(28-32-2)7-5-19-10-12-29(17-20(19)18-30)13-15-34-26-4-3-14-33-26/h3-4,6,8-9,11,14,16,19-20,25,28,30H,5,7,10,12-13,15,17-18H2,1-2H3/t19-,20-,25+/m1/s1. The van der Waals surface area contributed by atoms with Gasteiger partial charge in [-0.2, -0.15) is 5.48 Å². The van der Waals surface area contributed by atoms with Gasteiger partial charge in [-0.3, -0.25) is 4.98 Å². The van der Waals surface area contributed by atoms with E-state index in [0.717, 1.165) is 66.9 Å². The lowest BCUT2D eigenvalue weighted by molar-refractivity contribution is 0.0434. The molecule has 0 bridgehead atoms. The molecule has 3 atom stereocenters. The van der Waals surface area contributed by atoms with Crippen LogP contribution in [-0.2, 0) is 4.84 Å². The topological polar surface area (TPSA) is 66.9 Å². The van der Waals surface area contributed by atoms with Crippen LogP contribution >= 0.6 is 23.1 Å². The van der Waals surface area contributed by atoms with E-state index in [4.69, 9.17) is 9.57 Å². The van der Waals surface area contributed by atoms with Crippen LogP contribution in [0.5, 0.6) is 5.75 Å². The predicted molar refractivity (Wildman–Crippen MR) is 141 cm³/mol. The number of hydrogen-bond donors (Lipinski definition) is 2. The molecule has 4 rings (SSSR count). The molecule has 3 heterocycles. The molecule has 1 aliphatic heterocycles. The fraction of sp³-hybridized carbons (Fsp3) is 0.500. The van der Waals surface area contributed by atoms with Crippen LogP contribution in [0.25, 0.3) is 10.9 Å². The van der Waals surface area contributed by atoms with Gasteiger partial charge in [-0.05, 0) is 78.9 Å². The number of hydrogen-bond acceptors (Lipinski definition) is 8. The number of methoxy groups -OCH3 is 1. The van der Waals surface area contributed by atoms with Crippen LogP contribution < -0.4 is 10.2 Å². The molecule has 0 saturated carbocycles. The lowest BCUT2D eigenvalue weighted by Gasteiger charge is -2.38. The van der Waals surface area contributed by atoms with E-state index < -0.39 is 0 Å². The van der Waals surface area contributed by atoms with Gasteiger partial charge in [0, 0.05) is 37.0 Å². The molecule has 8 heteroatoms. The smallest absolute Gasteiger partial charge is 0.119 e. The van der Waals surface area contributed by atoms with E-state index in [1.54, 1.807) is 25.6 Å². The van der Waals surface area contributed by atoms with Gasteiger partial charge in [-0.25, -0.2) is 0 Å². The number of benzene rings is 1. The van der Waals surface area contributed by atoms with Crippen LogP contribution in [0.3, 0.4) is 0 Å². The summed E-state index contributed by atoms with van der Waals surface area (Å²) in [7, 11) is 3.35. The number of thioether (sulfide) groups is 1. The van der Waals surface area contributed by atoms with Crippen LogP contribution in [0.15, 0.2) is 52.2 Å². The molecule has 3 aromatic rings. The summed E-state index contributed by atoms with van der Waals surface area (Å²) in [5.41, 5.74) is 5.32. The van der Waals surface area contributed by atoms with Gasteiger partial charge >= 0.3 is 0 Å². The highest BCUT2D eigenvalue weighted by molar-refractivity contribution is 8.01. The minimum absolute atomic E-state index is 0.0437. The first-order valence-corrected chi connectivity index (χ1v) is 13.8. The Labute approximate surface area is 210 Å². The fourth-order valence-corrected chi connectivity index (χ4v) is 6.81. The monoisotopic (exact) mass is 501 g/mol. The Morgan fingerprint density at radius 3 is 2.94 bits per heavy atom. The van der Waals surface area contributed by atoms with Crippen LogP contribution in [-0.4, -0.2) is 61.2 Å². The van der Waals surface area contributed by atoms with E-state index in [2.05, 4.69) is 38.9 Å². The highest BCUT2D eigenvalue weighted by Crippen LogP contribution is 2.34. The SMILES string of the molecule is CON[C@@H](CC[C@@H]1CCN(CCSc2cccs2)C[C@@H]1CO)c1ccnc2ccc(OC)cc12.